The Balaban J connectivity index is 2.66. The molecule has 0 bridgehead atoms. The molecule has 0 aliphatic rings. The molecule has 0 spiro atoms. The largest absolute Gasteiger partial charge is 0.514 e. The molecule has 0 aliphatic carbocycles. The highest BCUT2D eigenvalue weighted by Gasteiger charge is 2.24. The molecule has 0 fully saturated rings. The van der Waals surface area contributed by atoms with E-state index in [0.29, 0.717) is 0 Å². The van der Waals surface area contributed by atoms with Crippen LogP contribution in [-0.4, -0.2) is 24.9 Å². The van der Waals surface area contributed by atoms with Crippen LogP contribution >= 0.6 is 23.2 Å². The Kier molecular flexibility index (Phi) is 5.86. The van der Waals surface area contributed by atoms with Gasteiger partial charge in [0.05, 0.1) is 35.7 Å². The first-order valence-electron chi connectivity index (χ1n) is 6.82. The number of halogens is 4. The Labute approximate surface area is 151 Å². The number of pyridine rings is 1. The van der Waals surface area contributed by atoms with E-state index < -0.39 is 29.2 Å². The maximum Gasteiger partial charge on any atom is 0.514 e. The van der Waals surface area contributed by atoms with Gasteiger partial charge in [-0.15, -0.1) is 0 Å². The van der Waals surface area contributed by atoms with Gasteiger partial charge in [-0.25, -0.2) is 18.6 Å². The van der Waals surface area contributed by atoms with Crippen LogP contribution in [0, 0.1) is 11.6 Å². The standard InChI is InChI=1S/C15H12Cl2F2N2O4/c1-3-24-13-6(16)4-7(18)10(12(13)19)9-5-8(20)11(17)14(21-9)25-15(22)23-2/h4-5H,3H2,1-2H3,(H2,20,21). The quantitative estimate of drug-likeness (QED) is 0.773. The van der Waals surface area contributed by atoms with Crippen molar-refractivity contribution in [1.82, 2.24) is 4.98 Å². The zero-order chi connectivity index (χ0) is 18.7. The molecule has 1 heterocycles. The molecule has 1 aromatic carbocycles. The minimum absolute atomic E-state index is 0.106. The van der Waals surface area contributed by atoms with Crippen molar-refractivity contribution in [3.05, 3.63) is 33.8 Å². The number of rotatable bonds is 4. The van der Waals surface area contributed by atoms with Crippen molar-refractivity contribution in [3.8, 4) is 22.9 Å². The van der Waals surface area contributed by atoms with E-state index in [1.54, 1.807) is 6.92 Å². The highest BCUT2D eigenvalue weighted by atomic mass is 35.5. The average molecular weight is 393 g/mol. The Morgan fingerprint density at radius 1 is 1.32 bits per heavy atom. The smallest absolute Gasteiger partial charge is 0.489 e. The maximum absolute atomic E-state index is 14.7. The normalized spacial score (nSPS) is 10.5. The van der Waals surface area contributed by atoms with Gasteiger partial charge in [-0.1, -0.05) is 23.2 Å². The van der Waals surface area contributed by atoms with Gasteiger partial charge >= 0.3 is 6.16 Å². The van der Waals surface area contributed by atoms with Gasteiger partial charge in [0.1, 0.15) is 10.8 Å². The number of hydrogen-bond donors (Lipinski definition) is 1. The van der Waals surface area contributed by atoms with E-state index in [0.717, 1.165) is 19.2 Å². The van der Waals surface area contributed by atoms with Crippen molar-refractivity contribution < 1.29 is 27.8 Å². The lowest BCUT2D eigenvalue weighted by Gasteiger charge is -2.13. The zero-order valence-electron chi connectivity index (χ0n) is 13.0. The summed E-state index contributed by atoms with van der Waals surface area (Å²) >= 11 is 11.7. The van der Waals surface area contributed by atoms with E-state index in [4.69, 9.17) is 38.4 Å². The topological polar surface area (TPSA) is 83.7 Å². The average Bonchev–Trinajstić information content (AvgIpc) is 2.55. The summed E-state index contributed by atoms with van der Waals surface area (Å²) in [5.74, 6) is -2.89. The van der Waals surface area contributed by atoms with Crippen LogP contribution in [0.25, 0.3) is 11.3 Å². The Morgan fingerprint density at radius 2 is 2.00 bits per heavy atom. The van der Waals surface area contributed by atoms with Crippen molar-refractivity contribution >= 4 is 35.0 Å². The molecule has 0 saturated heterocycles. The molecule has 0 radical (unpaired) electrons. The van der Waals surface area contributed by atoms with Gasteiger partial charge in [0, 0.05) is 0 Å². The predicted octanol–water partition coefficient (Wildman–Crippen LogP) is 4.46. The summed E-state index contributed by atoms with van der Waals surface area (Å²) in [6.45, 7) is 1.72. The number of ether oxygens (including phenoxy) is 3. The molecule has 2 N–H and O–H groups in total. The minimum atomic E-state index is -1.13. The van der Waals surface area contributed by atoms with Crippen molar-refractivity contribution in [2.45, 2.75) is 6.92 Å². The molecular formula is C15H12Cl2F2N2O4. The second-order valence-electron chi connectivity index (χ2n) is 4.56. The number of anilines is 1. The van der Waals surface area contributed by atoms with Gasteiger partial charge in [-0.05, 0) is 19.1 Å². The third-order valence-corrected chi connectivity index (χ3v) is 3.64. The number of nitrogens with two attached hydrogens (primary N) is 1. The minimum Gasteiger partial charge on any atom is -0.489 e. The van der Waals surface area contributed by atoms with Gasteiger partial charge in [-0.3, -0.25) is 0 Å². The van der Waals surface area contributed by atoms with E-state index in [-0.39, 0.29) is 33.8 Å². The van der Waals surface area contributed by atoms with Crippen molar-refractivity contribution in [3.63, 3.8) is 0 Å². The summed E-state index contributed by atoms with van der Waals surface area (Å²) in [7, 11) is 1.07. The number of aromatic nitrogens is 1. The number of hydrogen-bond acceptors (Lipinski definition) is 6. The summed E-state index contributed by atoms with van der Waals surface area (Å²) in [4.78, 5) is 15.1. The molecule has 2 rings (SSSR count). The van der Waals surface area contributed by atoms with Crippen LogP contribution in [0.4, 0.5) is 19.3 Å². The first-order valence-corrected chi connectivity index (χ1v) is 7.58. The van der Waals surface area contributed by atoms with Crippen LogP contribution in [0.2, 0.25) is 10.0 Å². The second kappa shape index (κ2) is 7.71. The van der Waals surface area contributed by atoms with Gasteiger partial charge in [0.15, 0.2) is 11.6 Å². The van der Waals surface area contributed by atoms with Crippen LogP contribution in [0.1, 0.15) is 6.92 Å². The van der Waals surface area contributed by atoms with E-state index in [9.17, 15) is 13.6 Å². The first-order chi connectivity index (χ1) is 11.8. The maximum atomic E-state index is 14.7. The number of benzene rings is 1. The Hall–Kier alpha value is -2.32. The fraction of sp³-hybridized carbons (Fsp3) is 0.200. The summed E-state index contributed by atoms with van der Waals surface area (Å²) < 4.78 is 43.1. The molecule has 134 valence electrons. The van der Waals surface area contributed by atoms with Crippen LogP contribution < -0.4 is 15.2 Å². The Bertz CT molecular complexity index is 834. The highest BCUT2D eigenvalue weighted by molar-refractivity contribution is 6.34. The molecule has 0 amide bonds. The van der Waals surface area contributed by atoms with Crippen molar-refractivity contribution in [2.24, 2.45) is 0 Å². The lowest BCUT2D eigenvalue weighted by atomic mass is 10.1. The summed E-state index contributed by atoms with van der Waals surface area (Å²) in [6, 6.07) is 2.00. The fourth-order valence-corrected chi connectivity index (χ4v) is 2.29. The van der Waals surface area contributed by atoms with Crippen LogP contribution in [0.3, 0.4) is 0 Å². The molecule has 0 unspecified atom stereocenters. The molecule has 2 aromatic rings. The third-order valence-electron chi connectivity index (χ3n) is 2.97. The monoisotopic (exact) mass is 392 g/mol. The van der Waals surface area contributed by atoms with Crippen LogP contribution in [0.15, 0.2) is 12.1 Å². The van der Waals surface area contributed by atoms with E-state index in [1.165, 1.54) is 0 Å². The molecule has 10 heteroatoms. The molecule has 0 saturated carbocycles. The number of carbonyl (C=O) groups is 1. The summed E-state index contributed by atoms with van der Waals surface area (Å²) in [6.07, 6.45) is -1.13. The summed E-state index contributed by atoms with van der Waals surface area (Å²) in [5.41, 5.74) is 4.75. The van der Waals surface area contributed by atoms with E-state index in [1.807, 2.05) is 0 Å². The lowest BCUT2D eigenvalue weighted by Crippen LogP contribution is -2.10. The fourth-order valence-electron chi connectivity index (χ4n) is 1.92. The van der Waals surface area contributed by atoms with Crippen LogP contribution in [0.5, 0.6) is 11.6 Å². The number of nitrogens with zero attached hydrogens (tertiary/aromatic N) is 1. The zero-order valence-corrected chi connectivity index (χ0v) is 14.5. The highest BCUT2D eigenvalue weighted by Crippen LogP contribution is 2.39. The lowest BCUT2D eigenvalue weighted by molar-refractivity contribution is 0.120. The SMILES string of the molecule is CCOc1c(Cl)cc(F)c(-c2cc(N)c(Cl)c(OC(=O)OC)n2)c1F. The van der Waals surface area contributed by atoms with E-state index in [2.05, 4.69) is 9.72 Å². The van der Waals surface area contributed by atoms with E-state index >= 15 is 0 Å². The van der Waals surface area contributed by atoms with Crippen LogP contribution in [-0.2, 0) is 4.74 Å². The number of carbonyl (C=O) groups excluding carboxylic acids is 1. The molecule has 1 aromatic heterocycles. The molecule has 0 aliphatic heterocycles. The third kappa shape index (κ3) is 3.85. The molecule has 0 atom stereocenters. The Morgan fingerprint density at radius 3 is 2.60 bits per heavy atom. The summed E-state index contributed by atoms with van der Waals surface area (Å²) in [5, 5.41) is -0.456. The second-order valence-corrected chi connectivity index (χ2v) is 5.35. The van der Waals surface area contributed by atoms with Gasteiger partial charge in [0.25, 0.3) is 0 Å². The molecule has 6 nitrogen and oxygen atoms in total. The molecule has 25 heavy (non-hydrogen) atoms. The van der Waals surface area contributed by atoms with Crippen molar-refractivity contribution in [1.29, 1.82) is 0 Å². The molecular weight excluding hydrogens is 381 g/mol. The van der Waals surface area contributed by atoms with Gasteiger partial charge in [-0.2, -0.15) is 0 Å². The van der Waals surface area contributed by atoms with Gasteiger partial charge in [0.2, 0.25) is 5.88 Å². The van der Waals surface area contributed by atoms with Gasteiger partial charge < -0.3 is 19.9 Å². The predicted molar refractivity (Wildman–Crippen MR) is 88.2 cm³/mol. The first kappa shape index (κ1) is 19.0. The van der Waals surface area contributed by atoms with Crippen molar-refractivity contribution in [2.75, 3.05) is 19.5 Å². The number of nitrogen functional groups attached to an aromatic ring is 1. The number of methoxy groups -OCH3 is 1.